The molecule has 0 fully saturated rings. The molecule has 0 atom stereocenters. The summed E-state index contributed by atoms with van der Waals surface area (Å²) in [5.74, 6) is 0.0767. The predicted octanol–water partition coefficient (Wildman–Crippen LogP) is 4.63. The summed E-state index contributed by atoms with van der Waals surface area (Å²) >= 11 is 6.07. The van der Waals surface area contributed by atoms with Crippen molar-refractivity contribution in [3.05, 3.63) is 29.1 Å². The predicted molar refractivity (Wildman–Crippen MR) is 73.8 cm³/mol. The van der Waals surface area contributed by atoms with Crippen LogP contribution in [0.1, 0.15) is 5.56 Å². The summed E-state index contributed by atoms with van der Waals surface area (Å²) in [5.41, 5.74) is 0.0139. The maximum absolute atomic E-state index is 12.6. The van der Waals surface area contributed by atoms with E-state index in [9.17, 15) is 26.3 Å². The Bertz CT molecular complexity index is 683. The van der Waals surface area contributed by atoms with E-state index in [0.717, 1.165) is 12.5 Å². The second kappa shape index (κ2) is 6.50. The average molecular weight is 374 g/mol. The van der Waals surface area contributed by atoms with Gasteiger partial charge in [0.05, 0.1) is 5.02 Å². The fourth-order valence-corrected chi connectivity index (χ4v) is 2.38. The van der Waals surface area contributed by atoms with Gasteiger partial charge < -0.3 is 9.42 Å². The van der Waals surface area contributed by atoms with Crippen molar-refractivity contribution in [2.24, 2.45) is 0 Å². The molecule has 24 heavy (non-hydrogen) atoms. The number of hydrogen-bond acceptors (Lipinski definition) is 4. The molecule has 0 radical (unpaired) electrons. The summed E-state index contributed by atoms with van der Waals surface area (Å²) in [6.45, 7) is -2.20. The summed E-state index contributed by atoms with van der Waals surface area (Å²) < 4.78 is 80.3. The molecule has 0 N–H and O–H groups in total. The quantitative estimate of drug-likeness (QED) is 0.733. The van der Waals surface area contributed by atoms with Crippen LogP contribution in [0.3, 0.4) is 0 Å². The Balaban J connectivity index is 2.44. The van der Waals surface area contributed by atoms with Gasteiger partial charge in [-0.15, -0.1) is 0 Å². The van der Waals surface area contributed by atoms with E-state index in [-0.39, 0.29) is 32.6 Å². The van der Waals surface area contributed by atoms with Crippen LogP contribution in [0.25, 0.3) is 11.4 Å². The van der Waals surface area contributed by atoms with E-state index in [2.05, 4.69) is 14.7 Å². The number of alkyl halides is 6. The zero-order chi connectivity index (χ0) is 18.1. The van der Waals surface area contributed by atoms with Gasteiger partial charge in [-0.1, -0.05) is 16.8 Å². The Morgan fingerprint density at radius 1 is 1.08 bits per heavy atom. The number of nitrogens with zero attached hydrogens (tertiary/aromatic N) is 3. The Morgan fingerprint density at radius 2 is 1.67 bits per heavy atom. The molecule has 132 valence electrons. The molecule has 1 heterocycles. The standard InChI is InChI=1S/C13H10ClF6N3O/c1-7-9(23(4-12(15,16)17)5-13(18,19)20)3-2-8(10(7)14)11-21-6-24-22-11/h2-3,6H,4-5H2,1H3. The Labute approximate surface area is 137 Å². The SMILES string of the molecule is Cc1c(N(CC(F)(F)F)CC(F)(F)F)ccc(-c2ncon2)c1Cl. The van der Waals surface area contributed by atoms with E-state index in [4.69, 9.17) is 11.6 Å². The van der Waals surface area contributed by atoms with Gasteiger partial charge in [-0.3, -0.25) is 0 Å². The molecule has 11 heteroatoms. The molecule has 2 rings (SSSR count). The van der Waals surface area contributed by atoms with Gasteiger partial charge in [0.1, 0.15) is 13.1 Å². The molecule has 1 aromatic carbocycles. The van der Waals surface area contributed by atoms with Gasteiger partial charge in [0.25, 0.3) is 0 Å². The molecular weight excluding hydrogens is 364 g/mol. The normalized spacial score (nSPS) is 12.5. The third-order valence-electron chi connectivity index (χ3n) is 3.04. The minimum absolute atomic E-state index is 0.0486. The number of rotatable bonds is 4. The van der Waals surface area contributed by atoms with Gasteiger partial charge in [0, 0.05) is 11.3 Å². The highest BCUT2D eigenvalue weighted by molar-refractivity contribution is 6.34. The largest absolute Gasteiger partial charge is 0.405 e. The lowest BCUT2D eigenvalue weighted by atomic mass is 10.1. The molecule has 0 aliphatic rings. The van der Waals surface area contributed by atoms with Crippen molar-refractivity contribution in [2.75, 3.05) is 18.0 Å². The molecule has 0 bridgehead atoms. The van der Waals surface area contributed by atoms with E-state index < -0.39 is 25.4 Å². The van der Waals surface area contributed by atoms with Crippen LogP contribution in [0.15, 0.2) is 23.0 Å². The number of aromatic nitrogens is 2. The number of anilines is 1. The molecule has 2 aromatic rings. The second-order valence-corrected chi connectivity index (χ2v) is 5.29. The highest BCUT2D eigenvalue weighted by Crippen LogP contribution is 2.36. The van der Waals surface area contributed by atoms with Crippen LogP contribution >= 0.6 is 11.6 Å². The summed E-state index contributed by atoms with van der Waals surface area (Å²) in [5, 5.41) is 3.49. The van der Waals surface area contributed by atoms with Crippen LogP contribution in [0.2, 0.25) is 5.02 Å². The first-order valence-electron chi connectivity index (χ1n) is 6.42. The van der Waals surface area contributed by atoms with E-state index in [0.29, 0.717) is 0 Å². The third kappa shape index (κ3) is 4.53. The molecule has 0 spiro atoms. The van der Waals surface area contributed by atoms with Crippen molar-refractivity contribution < 1.29 is 30.9 Å². The topological polar surface area (TPSA) is 42.2 Å². The van der Waals surface area contributed by atoms with Gasteiger partial charge in [0.15, 0.2) is 0 Å². The Kier molecular flexibility index (Phi) is 4.97. The highest BCUT2D eigenvalue weighted by atomic mass is 35.5. The molecule has 0 aliphatic heterocycles. The van der Waals surface area contributed by atoms with E-state index in [1.165, 1.54) is 13.0 Å². The minimum Gasteiger partial charge on any atom is -0.353 e. The lowest BCUT2D eigenvalue weighted by Crippen LogP contribution is -2.41. The Morgan fingerprint density at radius 3 is 2.12 bits per heavy atom. The van der Waals surface area contributed by atoms with Gasteiger partial charge in [-0.05, 0) is 24.6 Å². The number of hydrogen-bond donors (Lipinski definition) is 0. The Hall–Kier alpha value is -1.97. The van der Waals surface area contributed by atoms with Crippen molar-refractivity contribution in [1.29, 1.82) is 0 Å². The first-order chi connectivity index (χ1) is 11.0. The van der Waals surface area contributed by atoms with Crippen LogP contribution in [0.5, 0.6) is 0 Å². The molecule has 0 saturated carbocycles. The smallest absolute Gasteiger partial charge is 0.353 e. The molecule has 4 nitrogen and oxygen atoms in total. The summed E-state index contributed by atoms with van der Waals surface area (Å²) in [4.78, 5) is 3.93. The molecule has 1 aromatic heterocycles. The summed E-state index contributed by atoms with van der Waals surface area (Å²) in [6, 6.07) is 2.36. The zero-order valence-electron chi connectivity index (χ0n) is 12.0. The maximum atomic E-state index is 12.6. The highest BCUT2D eigenvalue weighted by Gasteiger charge is 2.38. The molecule has 0 aliphatic carbocycles. The van der Waals surface area contributed by atoms with Crippen LogP contribution in [-0.2, 0) is 0 Å². The van der Waals surface area contributed by atoms with Crippen LogP contribution < -0.4 is 4.90 Å². The monoisotopic (exact) mass is 373 g/mol. The van der Waals surface area contributed by atoms with E-state index in [1.807, 2.05) is 0 Å². The van der Waals surface area contributed by atoms with Crippen molar-refractivity contribution in [3.8, 4) is 11.4 Å². The number of benzene rings is 1. The molecule has 0 unspecified atom stereocenters. The van der Waals surface area contributed by atoms with E-state index >= 15 is 0 Å². The van der Waals surface area contributed by atoms with Crippen molar-refractivity contribution in [2.45, 2.75) is 19.3 Å². The van der Waals surface area contributed by atoms with Crippen LogP contribution in [-0.4, -0.2) is 35.6 Å². The van der Waals surface area contributed by atoms with Crippen molar-refractivity contribution >= 4 is 17.3 Å². The van der Waals surface area contributed by atoms with E-state index in [1.54, 1.807) is 0 Å². The van der Waals surface area contributed by atoms with Gasteiger partial charge in [-0.25, -0.2) is 0 Å². The average Bonchev–Trinajstić information content (AvgIpc) is 2.91. The first kappa shape index (κ1) is 18.4. The van der Waals surface area contributed by atoms with Crippen molar-refractivity contribution in [3.63, 3.8) is 0 Å². The van der Waals surface area contributed by atoms with Gasteiger partial charge in [-0.2, -0.15) is 31.3 Å². The number of halogens is 7. The summed E-state index contributed by atoms with van der Waals surface area (Å²) in [6.07, 6.45) is -8.60. The summed E-state index contributed by atoms with van der Waals surface area (Å²) in [7, 11) is 0. The fourth-order valence-electron chi connectivity index (χ4n) is 2.14. The fraction of sp³-hybridized carbons (Fsp3) is 0.385. The first-order valence-corrected chi connectivity index (χ1v) is 6.80. The molecule has 0 amide bonds. The van der Waals surface area contributed by atoms with Crippen LogP contribution in [0.4, 0.5) is 32.0 Å². The second-order valence-electron chi connectivity index (χ2n) is 4.91. The van der Waals surface area contributed by atoms with Gasteiger partial charge in [0.2, 0.25) is 12.2 Å². The third-order valence-corrected chi connectivity index (χ3v) is 3.53. The minimum atomic E-state index is -4.81. The molecular formula is C13H10ClF6N3O. The van der Waals surface area contributed by atoms with Crippen LogP contribution in [0, 0.1) is 6.92 Å². The lowest BCUT2D eigenvalue weighted by Gasteiger charge is -2.29. The zero-order valence-corrected chi connectivity index (χ0v) is 12.8. The lowest BCUT2D eigenvalue weighted by molar-refractivity contribution is -0.137. The maximum Gasteiger partial charge on any atom is 0.405 e. The van der Waals surface area contributed by atoms with Crippen molar-refractivity contribution in [1.82, 2.24) is 10.1 Å². The molecule has 0 saturated heterocycles. The van der Waals surface area contributed by atoms with Gasteiger partial charge >= 0.3 is 12.4 Å².